The van der Waals surface area contributed by atoms with Gasteiger partial charge in [-0.1, -0.05) is 22.0 Å². The first kappa shape index (κ1) is 10.2. The molecule has 13 heavy (non-hydrogen) atoms. The maximum absolute atomic E-state index is 13.1. The number of benzene rings is 1. The molecule has 0 aliphatic rings. The van der Waals surface area contributed by atoms with Gasteiger partial charge in [0.05, 0.1) is 5.56 Å². The lowest BCUT2D eigenvalue weighted by atomic mass is 10.1. The molecule has 0 spiro atoms. The monoisotopic (exact) mass is 246 g/mol. The number of carbonyl (C=O) groups is 1. The van der Waals surface area contributed by atoms with Crippen molar-refractivity contribution in [2.24, 2.45) is 0 Å². The smallest absolute Gasteiger partial charge is 0.175 e. The number of ketones is 1. The molecule has 1 N–H and O–H groups in total. The Hall–Kier alpha value is -0.900. The number of hydrogen-bond donors (Lipinski definition) is 1. The summed E-state index contributed by atoms with van der Waals surface area (Å²) in [6.07, 6.45) is 0.223. The Kier molecular flexibility index (Phi) is 3.42. The van der Waals surface area contributed by atoms with Crippen LogP contribution < -0.4 is 0 Å². The van der Waals surface area contributed by atoms with Gasteiger partial charge in [-0.05, 0) is 12.1 Å². The van der Waals surface area contributed by atoms with Crippen LogP contribution in [0.3, 0.4) is 0 Å². The van der Waals surface area contributed by atoms with E-state index >= 15 is 0 Å². The maximum Gasteiger partial charge on any atom is 0.175 e. The molecule has 1 rings (SSSR count). The van der Waals surface area contributed by atoms with E-state index in [1.165, 1.54) is 18.2 Å². The van der Waals surface area contributed by atoms with E-state index in [2.05, 4.69) is 15.9 Å². The summed E-state index contributed by atoms with van der Waals surface area (Å²) in [7, 11) is 0. The second-order valence-electron chi connectivity index (χ2n) is 2.50. The van der Waals surface area contributed by atoms with Crippen LogP contribution in [-0.2, 0) is 0 Å². The van der Waals surface area contributed by atoms with Crippen LogP contribution in [0.15, 0.2) is 18.2 Å². The first-order chi connectivity index (χ1) is 6.16. The molecule has 0 bridgehead atoms. The Bertz CT molecular complexity index is 325. The number of alkyl halides is 1. The van der Waals surface area contributed by atoms with Crippen molar-refractivity contribution in [3.8, 4) is 5.75 Å². The van der Waals surface area contributed by atoms with Crippen molar-refractivity contribution in [1.29, 1.82) is 0 Å². The molecule has 0 atom stereocenters. The largest absolute Gasteiger partial charge is 0.505 e. The lowest BCUT2D eigenvalue weighted by Crippen LogP contribution is -2.02. The highest BCUT2D eigenvalue weighted by molar-refractivity contribution is 9.09. The molecular formula is C9H8BrFO2. The normalized spacial score (nSPS) is 10.0. The van der Waals surface area contributed by atoms with E-state index in [1.54, 1.807) is 0 Å². The van der Waals surface area contributed by atoms with Crippen molar-refractivity contribution in [1.82, 2.24) is 0 Å². The number of phenols is 1. The molecule has 0 unspecified atom stereocenters. The quantitative estimate of drug-likeness (QED) is 0.658. The van der Waals surface area contributed by atoms with Crippen molar-refractivity contribution in [3.05, 3.63) is 29.6 Å². The molecule has 4 heteroatoms. The van der Waals surface area contributed by atoms with Gasteiger partial charge >= 0.3 is 0 Å². The lowest BCUT2D eigenvalue weighted by Gasteiger charge is -2.01. The summed E-state index contributed by atoms with van der Waals surface area (Å²) in [6, 6.07) is 4.01. The van der Waals surface area contributed by atoms with Gasteiger partial charge in [-0.2, -0.15) is 0 Å². The molecule has 0 amide bonds. The highest BCUT2D eigenvalue weighted by atomic mass is 79.9. The fraction of sp³-hybridized carbons (Fsp3) is 0.222. The second-order valence-corrected chi connectivity index (χ2v) is 3.29. The van der Waals surface area contributed by atoms with Crippen LogP contribution in [0.4, 0.5) is 4.39 Å². The first-order valence-electron chi connectivity index (χ1n) is 3.73. The fourth-order valence-electron chi connectivity index (χ4n) is 0.956. The third-order valence-corrected chi connectivity index (χ3v) is 2.00. The number of phenolic OH excluding ortho intramolecular Hbond substituents is 1. The van der Waals surface area contributed by atoms with Gasteiger partial charge in [0.1, 0.15) is 0 Å². The van der Waals surface area contributed by atoms with Crippen LogP contribution in [0.1, 0.15) is 16.8 Å². The van der Waals surface area contributed by atoms with Crippen LogP contribution in [0.2, 0.25) is 0 Å². The number of aromatic hydroxyl groups is 1. The zero-order valence-electron chi connectivity index (χ0n) is 6.76. The van der Waals surface area contributed by atoms with Gasteiger partial charge in [0.25, 0.3) is 0 Å². The van der Waals surface area contributed by atoms with E-state index in [1.807, 2.05) is 0 Å². The van der Waals surface area contributed by atoms with Crippen LogP contribution in [-0.4, -0.2) is 16.2 Å². The number of carbonyl (C=O) groups excluding carboxylic acids is 1. The van der Waals surface area contributed by atoms with E-state index in [9.17, 15) is 9.18 Å². The van der Waals surface area contributed by atoms with Gasteiger partial charge in [-0.3, -0.25) is 4.79 Å². The minimum absolute atomic E-state index is 0.0561. The Morgan fingerprint density at radius 1 is 1.54 bits per heavy atom. The van der Waals surface area contributed by atoms with E-state index in [0.29, 0.717) is 5.33 Å². The molecule has 0 fully saturated rings. The van der Waals surface area contributed by atoms with Gasteiger partial charge in [-0.15, -0.1) is 0 Å². The van der Waals surface area contributed by atoms with Crippen molar-refractivity contribution in [2.45, 2.75) is 6.42 Å². The molecule has 70 valence electrons. The van der Waals surface area contributed by atoms with E-state index in [0.717, 1.165) is 0 Å². The van der Waals surface area contributed by atoms with Crippen LogP contribution in [0.5, 0.6) is 5.75 Å². The number of Topliss-reactive ketones (excluding diaryl/α,β-unsaturated/α-hetero) is 1. The summed E-state index contributed by atoms with van der Waals surface area (Å²) in [5.74, 6) is -1.64. The zero-order valence-corrected chi connectivity index (χ0v) is 8.34. The predicted molar refractivity (Wildman–Crippen MR) is 50.8 cm³/mol. The first-order valence-corrected chi connectivity index (χ1v) is 4.85. The number of halogens is 2. The topological polar surface area (TPSA) is 37.3 Å². The molecule has 0 aliphatic heterocycles. The summed E-state index contributed by atoms with van der Waals surface area (Å²) < 4.78 is 13.1. The SMILES string of the molecule is O=C(CCBr)c1cccc(O)c1F. The van der Waals surface area contributed by atoms with Crippen molar-refractivity contribution in [2.75, 3.05) is 5.33 Å². The summed E-state index contributed by atoms with van der Waals surface area (Å²) in [4.78, 5) is 11.2. The molecule has 1 aromatic rings. The molecule has 1 aromatic carbocycles. The summed E-state index contributed by atoms with van der Waals surface area (Å²) >= 11 is 3.08. The molecule has 0 heterocycles. The third kappa shape index (κ3) is 2.28. The van der Waals surface area contributed by atoms with Gasteiger partial charge < -0.3 is 5.11 Å². The van der Waals surface area contributed by atoms with Crippen LogP contribution >= 0.6 is 15.9 Å². The summed E-state index contributed by atoms with van der Waals surface area (Å²) in [5.41, 5.74) is -0.0561. The lowest BCUT2D eigenvalue weighted by molar-refractivity contribution is 0.0985. The molecule has 0 aromatic heterocycles. The molecule has 0 saturated carbocycles. The maximum atomic E-state index is 13.1. The van der Waals surface area contributed by atoms with Gasteiger partial charge in [-0.25, -0.2) is 4.39 Å². The Labute approximate surface area is 83.5 Å². The van der Waals surface area contributed by atoms with Crippen molar-refractivity contribution < 1.29 is 14.3 Å². The zero-order chi connectivity index (χ0) is 9.84. The van der Waals surface area contributed by atoms with Gasteiger partial charge in [0, 0.05) is 11.8 Å². The standard InChI is InChI=1S/C9H8BrFO2/c10-5-4-7(12)6-2-1-3-8(13)9(6)11/h1-3,13H,4-5H2. The summed E-state index contributed by atoms with van der Waals surface area (Å²) in [5, 5.41) is 9.47. The van der Waals surface area contributed by atoms with E-state index in [-0.39, 0.29) is 17.8 Å². The van der Waals surface area contributed by atoms with Crippen LogP contribution in [0, 0.1) is 5.82 Å². The Balaban J connectivity index is 3.01. The predicted octanol–water partition coefficient (Wildman–Crippen LogP) is 2.50. The number of rotatable bonds is 3. The molecular weight excluding hydrogens is 239 g/mol. The fourth-order valence-corrected chi connectivity index (χ4v) is 1.32. The number of hydrogen-bond acceptors (Lipinski definition) is 2. The average molecular weight is 247 g/mol. The van der Waals surface area contributed by atoms with Gasteiger partial charge in [0.2, 0.25) is 0 Å². The van der Waals surface area contributed by atoms with Crippen molar-refractivity contribution in [3.63, 3.8) is 0 Å². The minimum atomic E-state index is -0.839. The van der Waals surface area contributed by atoms with Crippen LogP contribution in [0.25, 0.3) is 0 Å². The highest BCUT2D eigenvalue weighted by Gasteiger charge is 2.13. The molecule has 0 radical (unpaired) electrons. The highest BCUT2D eigenvalue weighted by Crippen LogP contribution is 2.19. The molecule has 0 saturated heterocycles. The van der Waals surface area contributed by atoms with E-state index < -0.39 is 11.6 Å². The average Bonchev–Trinajstić information content (AvgIpc) is 2.10. The summed E-state index contributed by atoms with van der Waals surface area (Å²) in [6.45, 7) is 0. The second kappa shape index (κ2) is 4.37. The molecule has 2 nitrogen and oxygen atoms in total. The third-order valence-electron chi connectivity index (χ3n) is 1.60. The van der Waals surface area contributed by atoms with E-state index in [4.69, 9.17) is 5.11 Å². The van der Waals surface area contributed by atoms with Crippen molar-refractivity contribution >= 4 is 21.7 Å². The van der Waals surface area contributed by atoms with Gasteiger partial charge in [0.15, 0.2) is 17.3 Å². The molecule has 0 aliphatic carbocycles. The Morgan fingerprint density at radius 2 is 2.23 bits per heavy atom. The minimum Gasteiger partial charge on any atom is -0.505 e. The Morgan fingerprint density at radius 3 is 2.85 bits per heavy atom.